The lowest BCUT2D eigenvalue weighted by Crippen LogP contribution is -2.36. The van der Waals surface area contributed by atoms with Gasteiger partial charge in [-0.05, 0) is 26.0 Å². The summed E-state index contributed by atoms with van der Waals surface area (Å²) in [5.41, 5.74) is 0.791. The van der Waals surface area contributed by atoms with Crippen LogP contribution >= 0.6 is 22.9 Å². The van der Waals surface area contributed by atoms with Gasteiger partial charge in [-0.25, -0.2) is 4.79 Å². The lowest BCUT2D eigenvalue weighted by atomic mass is 10.3. The molecule has 102 valence electrons. The third-order valence-electron chi connectivity index (χ3n) is 2.47. The van der Waals surface area contributed by atoms with Crippen LogP contribution in [0.3, 0.4) is 0 Å². The van der Waals surface area contributed by atoms with E-state index in [0.29, 0.717) is 16.6 Å². The van der Waals surface area contributed by atoms with Gasteiger partial charge in [-0.3, -0.25) is 0 Å². The van der Waals surface area contributed by atoms with Gasteiger partial charge in [0, 0.05) is 10.9 Å². The monoisotopic (exact) mass is 299 g/mol. The number of amides is 2. The van der Waals surface area contributed by atoms with E-state index < -0.39 is 0 Å². The van der Waals surface area contributed by atoms with E-state index in [-0.39, 0.29) is 12.1 Å². The molecular formula is C12H14ClN3O2S. The van der Waals surface area contributed by atoms with E-state index in [4.69, 9.17) is 16.1 Å². The van der Waals surface area contributed by atoms with Crippen LogP contribution in [-0.4, -0.2) is 11.2 Å². The second-order valence-corrected chi connectivity index (χ2v) is 5.87. The van der Waals surface area contributed by atoms with Crippen LogP contribution < -0.4 is 10.6 Å². The molecule has 2 aromatic rings. The van der Waals surface area contributed by atoms with Gasteiger partial charge in [0.1, 0.15) is 0 Å². The molecule has 0 aliphatic heterocycles. The molecule has 0 bridgehead atoms. The standard InChI is InChI=1S/C12H14ClN3O2S/c1-7-5-9(18-16-7)6-14-12(17)15-8(2)10-3-4-11(13)19-10/h3-5,8H,6H2,1-2H3,(H2,14,15,17)/t8-/m1/s1. The predicted octanol–water partition coefficient (Wildman–Crippen LogP) is 3.26. The van der Waals surface area contributed by atoms with E-state index in [9.17, 15) is 4.79 Å². The first-order valence-electron chi connectivity index (χ1n) is 5.76. The minimum absolute atomic E-state index is 0.0889. The normalized spacial score (nSPS) is 12.2. The third kappa shape index (κ3) is 3.97. The van der Waals surface area contributed by atoms with Gasteiger partial charge >= 0.3 is 6.03 Å². The Kier molecular flexibility index (Phi) is 4.44. The van der Waals surface area contributed by atoms with E-state index in [1.165, 1.54) is 11.3 Å². The highest BCUT2D eigenvalue weighted by Crippen LogP contribution is 2.26. The lowest BCUT2D eigenvalue weighted by molar-refractivity contribution is 0.236. The summed E-state index contributed by atoms with van der Waals surface area (Å²) in [4.78, 5) is 12.7. The van der Waals surface area contributed by atoms with Crippen LogP contribution in [0.2, 0.25) is 4.34 Å². The van der Waals surface area contributed by atoms with Crippen molar-refractivity contribution in [2.24, 2.45) is 0 Å². The van der Waals surface area contributed by atoms with E-state index in [1.807, 2.05) is 26.0 Å². The molecule has 5 nitrogen and oxygen atoms in total. The molecule has 2 heterocycles. The molecule has 0 saturated carbocycles. The van der Waals surface area contributed by atoms with Gasteiger partial charge in [0.25, 0.3) is 0 Å². The zero-order valence-electron chi connectivity index (χ0n) is 10.6. The zero-order chi connectivity index (χ0) is 13.8. The van der Waals surface area contributed by atoms with Crippen molar-refractivity contribution in [3.05, 3.63) is 38.9 Å². The van der Waals surface area contributed by atoms with E-state index >= 15 is 0 Å². The molecule has 0 saturated heterocycles. The maximum absolute atomic E-state index is 11.7. The molecule has 2 aromatic heterocycles. The smallest absolute Gasteiger partial charge is 0.315 e. The van der Waals surface area contributed by atoms with Crippen molar-refractivity contribution < 1.29 is 9.32 Å². The Morgan fingerprint density at radius 3 is 2.95 bits per heavy atom. The highest BCUT2D eigenvalue weighted by molar-refractivity contribution is 7.16. The minimum Gasteiger partial charge on any atom is -0.359 e. The largest absolute Gasteiger partial charge is 0.359 e. The number of hydrogen-bond donors (Lipinski definition) is 2. The molecule has 0 fully saturated rings. The molecule has 0 spiro atoms. The van der Waals surface area contributed by atoms with Crippen molar-refractivity contribution in [3.8, 4) is 0 Å². The molecule has 2 amide bonds. The SMILES string of the molecule is Cc1cc(CNC(=O)N[C@H](C)c2ccc(Cl)s2)on1. The molecule has 0 aliphatic carbocycles. The number of aromatic nitrogens is 1. The Bertz CT molecular complexity index is 567. The third-order valence-corrected chi connectivity index (χ3v) is 3.88. The van der Waals surface area contributed by atoms with Crippen LogP contribution in [0.15, 0.2) is 22.7 Å². The Morgan fingerprint density at radius 2 is 2.37 bits per heavy atom. The number of thiophene rings is 1. The highest BCUT2D eigenvalue weighted by atomic mass is 35.5. The van der Waals surface area contributed by atoms with Gasteiger partial charge < -0.3 is 15.2 Å². The summed E-state index contributed by atoms with van der Waals surface area (Å²) in [5.74, 6) is 0.625. The summed E-state index contributed by atoms with van der Waals surface area (Å²) in [6.45, 7) is 4.04. The van der Waals surface area contributed by atoms with Crippen LogP contribution in [-0.2, 0) is 6.54 Å². The molecular weight excluding hydrogens is 286 g/mol. The number of carbonyl (C=O) groups is 1. The number of aryl methyl sites for hydroxylation is 1. The predicted molar refractivity (Wildman–Crippen MR) is 74.4 cm³/mol. The Morgan fingerprint density at radius 1 is 1.58 bits per heavy atom. The van der Waals surface area contributed by atoms with Crippen molar-refractivity contribution >= 4 is 29.0 Å². The Labute approximate surface area is 119 Å². The molecule has 0 aromatic carbocycles. The number of rotatable bonds is 4. The van der Waals surface area contributed by atoms with E-state index in [1.54, 1.807) is 6.07 Å². The maximum atomic E-state index is 11.7. The topological polar surface area (TPSA) is 67.2 Å². The molecule has 2 N–H and O–H groups in total. The molecule has 19 heavy (non-hydrogen) atoms. The van der Waals surface area contributed by atoms with Gasteiger partial charge in [0.15, 0.2) is 5.76 Å². The summed E-state index contributed by atoms with van der Waals surface area (Å²) in [7, 11) is 0. The van der Waals surface area contributed by atoms with Crippen molar-refractivity contribution in [1.29, 1.82) is 0 Å². The molecule has 0 radical (unpaired) electrons. The minimum atomic E-state index is -0.258. The van der Waals surface area contributed by atoms with Crippen molar-refractivity contribution in [1.82, 2.24) is 15.8 Å². The average molecular weight is 300 g/mol. The summed E-state index contributed by atoms with van der Waals surface area (Å²) in [5, 5.41) is 9.28. The number of carbonyl (C=O) groups excluding carboxylic acids is 1. The van der Waals surface area contributed by atoms with Crippen LogP contribution in [0.1, 0.15) is 29.3 Å². The quantitative estimate of drug-likeness (QED) is 0.910. The maximum Gasteiger partial charge on any atom is 0.315 e. The van der Waals surface area contributed by atoms with Crippen LogP contribution in [0.5, 0.6) is 0 Å². The average Bonchev–Trinajstić information content (AvgIpc) is 2.95. The summed E-state index contributed by atoms with van der Waals surface area (Å²) in [6.07, 6.45) is 0. The fraction of sp³-hybridized carbons (Fsp3) is 0.333. The van der Waals surface area contributed by atoms with Gasteiger partial charge in [0.05, 0.1) is 22.6 Å². The van der Waals surface area contributed by atoms with Crippen LogP contribution in [0.4, 0.5) is 4.79 Å². The fourth-order valence-electron chi connectivity index (χ4n) is 1.55. The van der Waals surface area contributed by atoms with Crippen LogP contribution in [0, 0.1) is 6.92 Å². The molecule has 7 heteroatoms. The van der Waals surface area contributed by atoms with E-state index in [2.05, 4.69) is 15.8 Å². The molecule has 0 aliphatic rings. The first-order chi connectivity index (χ1) is 9.04. The second kappa shape index (κ2) is 6.08. The molecule has 0 unspecified atom stereocenters. The number of nitrogens with one attached hydrogen (secondary N) is 2. The van der Waals surface area contributed by atoms with Gasteiger partial charge in [0.2, 0.25) is 0 Å². The Hall–Kier alpha value is -1.53. The number of urea groups is 1. The number of nitrogens with zero attached hydrogens (tertiary/aromatic N) is 1. The van der Waals surface area contributed by atoms with Crippen molar-refractivity contribution in [2.45, 2.75) is 26.4 Å². The Balaban J connectivity index is 1.81. The lowest BCUT2D eigenvalue weighted by Gasteiger charge is -2.12. The zero-order valence-corrected chi connectivity index (χ0v) is 12.1. The van der Waals surface area contributed by atoms with Crippen molar-refractivity contribution in [2.75, 3.05) is 0 Å². The van der Waals surface area contributed by atoms with Crippen LogP contribution in [0.25, 0.3) is 0 Å². The fourth-order valence-corrected chi connectivity index (χ4v) is 2.61. The van der Waals surface area contributed by atoms with Gasteiger partial charge in [-0.1, -0.05) is 16.8 Å². The van der Waals surface area contributed by atoms with Gasteiger partial charge in [-0.2, -0.15) is 0 Å². The summed E-state index contributed by atoms with van der Waals surface area (Å²) < 4.78 is 5.71. The van der Waals surface area contributed by atoms with E-state index in [0.717, 1.165) is 10.6 Å². The number of hydrogen-bond acceptors (Lipinski definition) is 4. The van der Waals surface area contributed by atoms with Crippen molar-refractivity contribution in [3.63, 3.8) is 0 Å². The summed E-state index contributed by atoms with van der Waals surface area (Å²) in [6, 6.07) is 5.15. The first kappa shape index (κ1) is 13.9. The summed E-state index contributed by atoms with van der Waals surface area (Å²) >= 11 is 7.31. The number of halogens is 1. The second-order valence-electron chi connectivity index (χ2n) is 4.13. The highest BCUT2D eigenvalue weighted by Gasteiger charge is 2.11. The molecule has 2 rings (SSSR count). The van der Waals surface area contributed by atoms with Gasteiger partial charge in [-0.15, -0.1) is 11.3 Å². The molecule has 1 atom stereocenters. The first-order valence-corrected chi connectivity index (χ1v) is 6.96.